The lowest BCUT2D eigenvalue weighted by Gasteiger charge is -2.36. The van der Waals surface area contributed by atoms with Crippen molar-refractivity contribution in [1.82, 2.24) is 5.32 Å². The lowest BCUT2D eigenvalue weighted by Crippen LogP contribution is -2.46. The van der Waals surface area contributed by atoms with Crippen LogP contribution in [0.1, 0.15) is 19.8 Å². The summed E-state index contributed by atoms with van der Waals surface area (Å²) >= 11 is 3.49. The first kappa shape index (κ1) is 12.7. The van der Waals surface area contributed by atoms with E-state index in [0.29, 0.717) is 12.1 Å². The molecule has 2 rings (SSSR count). The second-order valence-corrected chi connectivity index (χ2v) is 5.12. The van der Waals surface area contributed by atoms with Gasteiger partial charge in [-0.25, -0.2) is 0 Å². The molecule has 0 unspecified atom stereocenters. The SMILES string of the molecule is CCNC1CC(Oc2ccc(OC)cc2Br)C1. The Labute approximate surface area is 111 Å². The summed E-state index contributed by atoms with van der Waals surface area (Å²) in [4.78, 5) is 0. The normalized spacial score (nSPS) is 23.0. The smallest absolute Gasteiger partial charge is 0.134 e. The quantitative estimate of drug-likeness (QED) is 0.907. The highest BCUT2D eigenvalue weighted by molar-refractivity contribution is 9.10. The van der Waals surface area contributed by atoms with Crippen LogP contribution in [-0.2, 0) is 0 Å². The second kappa shape index (κ2) is 5.74. The lowest BCUT2D eigenvalue weighted by atomic mass is 9.89. The first-order chi connectivity index (χ1) is 8.22. The van der Waals surface area contributed by atoms with E-state index in [1.54, 1.807) is 7.11 Å². The number of methoxy groups -OCH3 is 1. The Bertz CT molecular complexity index is 378. The van der Waals surface area contributed by atoms with Gasteiger partial charge in [0.15, 0.2) is 0 Å². The average Bonchev–Trinajstić information content (AvgIpc) is 2.28. The van der Waals surface area contributed by atoms with Crippen molar-refractivity contribution in [1.29, 1.82) is 0 Å². The number of ether oxygens (including phenoxy) is 2. The number of nitrogens with one attached hydrogen (secondary N) is 1. The minimum absolute atomic E-state index is 0.337. The van der Waals surface area contributed by atoms with Crippen LogP contribution in [0.15, 0.2) is 22.7 Å². The third-order valence-corrected chi connectivity index (χ3v) is 3.64. The topological polar surface area (TPSA) is 30.5 Å². The summed E-state index contributed by atoms with van der Waals surface area (Å²) < 4.78 is 12.0. The monoisotopic (exact) mass is 299 g/mol. The molecular formula is C13H18BrNO2. The molecule has 0 amide bonds. The molecule has 3 nitrogen and oxygen atoms in total. The zero-order chi connectivity index (χ0) is 12.3. The predicted octanol–water partition coefficient (Wildman–Crippen LogP) is 2.98. The molecule has 1 aliphatic rings. The minimum atomic E-state index is 0.337. The van der Waals surface area contributed by atoms with Crippen LogP contribution in [0.2, 0.25) is 0 Å². The number of hydrogen-bond acceptors (Lipinski definition) is 3. The molecule has 1 aromatic rings. The maximum Gasteiger partial charge on any atom is 0.134 e. The van der Waals surface area contributed by atoms with Crippen LogP contribution in [0.25, 0.3) is 0 Å². The average molecular weight is 300 g/mol. The summed E-state index contributed by atoms with van der Waals surface area (Å²) in [6, 6.07) is 6.42. The van der Waals surface area contributed by atoms with Gasteiger partial charge in [-0.3, -0.25) is 0 Å². The Hall–Kier alpha value is -0.740. The van der Waals surface area contributed by atoms with E-state index in [2.05, 4.69) is 28.2 Å². The second-order valence-electron chi connectivity index (χ2n) is 4.26. The van der Waals surface area contributed by atoms with Crippen molar-refractivity contribution in [3.05, 3.63) is 22.7 Å². The van der Waals surface area contributed by atoms with Crippen molar-refractivity contribution in [2.24, 2.45) is 0 Å². The van der Waals surface area contributed by atoms with E-state index >= 15 is 0 Å². The van der Waals surface area contributed by atoms with Gasteiger partial charge in [-0.1, -0.05) is 6.92 Å². The third kappa shape index (κ3) is 3.13. The Morgan fingerprint density at radius 2 is 2.18 bits per heavy atom. The molecule has 0 bridgehead atoms. The van der Waals surface area contributed by atoms with Crippen LogP contribution in [0.3, 0.4) is 0 Å². The van der Waals surface area contributed by atoms with Crippen molar-refractivity contribution >= 4 is 15.9 Å². The maximum atomic E-state index is 5.91. The van der Waals surface area contributed by atoms with Crippen LogP contribution in [0.5, 0.6) is 11.5 Å². The number of benzene rings is 1. The van der Waals surface area contributed by atoms with Crippen molar-refractivity contribution in [3.63, 3.8) is 0 Å². The number of hydrogen-bond donors (Lipinski definition) is 1. The molecule has 1 N–H and O–H groups in total. The molecule has 0 aliphatic heterocycles. The molecule has 0 aromatic heterocycles. The van der Waals surface area contributed by atoms with Gasteiger partial charge in [-0.15, -0.1) is 0 Å². The van der Waals surface area contributed by atoms with Crippen LogP contribution >= 0.6 is 15.9 Å². The van der Waals surface area contributed by atoms with Gasteiger partial charge >= 0.3 is 0 Å². The summed E-state index contributed by atoms with van der Waals surface area (Å²) in [6.07, 6.45) is 2.52. The minimum Gasteiger partial charge on any atom is -0.497 e. The van der Waals surface area contributed by atoms with Crippen molar-refractivity contribution in [2.45, 2.75) is 31.9 Å². The van der Waals surface area contributed by atoms with E-state index in [9.17, 15) is 0 Å². The summed E-state index contributed by atoms with van der Waals surface area (Å²) in [5.41, 5.74) is 0. The highest BCUT2D eigenvalue weighted by Gasteiger charge is 2.30. The fraction of sp³-hybridized carbons (Fsp3) is 0.538. The molecule has 94 valence electrons. The van der Waals surface area contributed by atoms with Gasteiger partial charge in [0.1, 0.15) is 17.6 Å². The molecule has 4 heteroatoms. The van der Waals surface area contributed by atoms with Crippen LogP contribution in [0.4, 0.5) is 0 Å². The third-order valence-electron chi connectivity index (χ3n) is 3.02. The zero-order valence-electron chi connectivity index (χ0n) is 10.2. The van der Waals surface area contributed by atoms with E-state index in [0.717, 1.165) is 35.4 Å². The van der Waals surface area contributed by atoms with Crippen molar-refractivity contribution < 1.29 is 9.47 Å². The molecule has 1 fully saturated rings. The first-order valence-corrected chi connectivity index (χ1v) is 6.75. The summed E-state index contributed by atoms with van der Waals surface area (Å²) in [7, 11) is 1.66. The molecule has 1 aromatic carbocycles. The molecule has 1 aliphatic carbocycles. The molecule has 0 atom stereocenters. The fourth-order valence-electron chi connectivity index (χ4n) is 2.00. The molecule has 17 heavy (non-hydrogen) atoms. The van der Waals surface area contributed by atoms with E-state index in [4.69, 9.17) is 9.47 Å². The van der Waals surface area contributed by atoms with E-state index in [1.807, 2.05) is 18.2 Å². The van der Waals surface area contributed by atoms with Crippen molar-refractivity contribution in [2.75, 3.05) is 13.7 Å². The molecule has 1 saturated carbocycles. The maximum absolute atomic E-state index is 5.91. The number of rotatable bonds is 5. The molecule has 0 heterocycles. The standard InChI is InChI=1S/C13H18BrNO2/c1-3-15-9-6-11(7-9)17-13-5-4-10(16-2)8-12(13)14/h4-5,8-9,11,15H,3,6-7H2,1-2H3. The van der Waals surface area contributed by atoms with Crippen LogP contribution < -0.4 is 14.8 Å². The highest BCUT2D eigenvalue weighted by Crippen LogP contribution is 2.33. The van der Waals surface area contributed by atoms with Gasteiger partial charge in [-0.2, -0.15) is 0 Å². The first-order valence-electron chi connectivity index (χ1n) is 5.96. The lowest BCUT2D eigenvalue weighted by molar-refractivity contribution is 0.0851. The Balaban J connectivity index is 1.88. The predicted molar refractivity (Wildman–Crippen MR) is 71.8 cm³/mol. The highest BCUT2D eigenvalue weighted by atomic mass is 79.9. The van der Waals surface area contributed by atoms with Crippen LogP contribution in [-0.4, -0.2) is 25.8 Å². The largest absolute Gasteiger partial charge is 0.497 e. The summed E-state index contributed by atoms with van der Waals surface area (Å²) in [6.45, 7) is 3.16. The van der Waals surface area contributed by atoms with Gasteiger partial charge in [0.25, 0.3) is 0 Å². The molecular weight excluding hydrogens is 282 g/mol. The number of halogens is 1. The summed E-state index contributed by atoms with van der Waals surface area (Å²) in [5, 5.41) is 3.42. The van der Waals surface area contributed by atoms with Gasteiger partial charge in [0.05, 0.1) is 11.6 Å². The van der Waals surface area contributed by atoms with E-state index in [1.165, 1.54) is 0 Å². The summed E-state index contributed by atoms with van der Waals surface area (Å²) in [5.74, 6) is 1.73. The van der Waals surface area contributed by atoms with Crippen LogP contribution in [0, 0.1) is 0 Å². The van der Waals surface area contributed by atoms with Gasteiger partial charge in [-0.05, 0) is 53.5 Å². The molecule has 0 radical (unpaired) electrons. The van der Waals surface area contributed by atoms with Gasteiger partial charge in [0.2, 0.25) is 0 Å². The van der Waals surface area contributed by atoms with Gasteiger partial charge < -0.3 is 14.8 Å². The fourth-order valence-corrected chi connectivity index (χ4v) is 2.45. The Morgan fingerprint density at radius 3 is 2.76 bits per heavy atom. The Kier molecular flexibility index (Phi) is 4.29. The van der Waals surface area contributed by atoms with Gasteiger partial charge in [0, 0.05) is 6.04 Å². The molecule has 0 saturated heterocycles. The van der Waals surface area contributed by atoms with Crippen molar-refractivity contribution in [3.8, 4) is 11.5 Å². The zero-order valence-corrected chi connectivity index (χ0v) is 11.8. The van der Waals surface area contributed by atoms with E-state index in [-0.39, 0.29) is 0 Å². The van der Waals surface area contributed by atoms with E-state index < -0.39 is 0 Å². The Morgan fingerprint density at radius 1 is 1.41 bits per heavy atom. The molecule has 0 spiro atoms.